The largest absolute Gasteiger partial charge is 0.462 e. The minimum Gasteiger partial charge on any atom is -0.462 e. The van der Waals surface area contributed by atoms with Gasteiger partial charge in [-0.1, -0.05) is 72.8 Å². The number of rotatable bonds is 7. The van der Waals surface area contributed by atoms with Gasteiger partial charge in [0.05, 0.1) is 17.1 Å². The predicted octanol–water partition coefficient (Wildman–Crippen LogP) is 5.74. The van der Waals surface area contributed by atoms with E-state index in [0.29, 0.717) is 41.7 Å². The lowest BCUT2D eigenvalue weighted by Gasteiger charge is -2.36. The summed E-state index contributed by atoms with van der Waals surface area (Å²) in [4.78, 5) is 38.2. The van der Waals surface area contributed by atoms with Crippen LogP contribution < -0.4 is 5.32 Å². The maximum atomic E-state index is 13.7. The summed E-state index contributed by atoms with van der Waals surface area (Å²) in [5.41, 5.74) is 4.69. The van der Waals surface area contributed by atoms with Crippen LogP contribution in [-0.2, 0) is 20.7 Å². The Balaban J connectivity index is 1.50. The standard InChI is InChI=1S/C31H28N2O5/c1-20-28(31(35)38-16-15-21-9-4-2-5-10-21)29(23-13-8-14-25(17-23)33(36)37)30-26(32-20)18-24(19-27(30)34)22-11-6-3-7-12-22/h2-14,17,24,29,32H,15-16,18-19H2,1H3/t24-,29+/m0/s1. The summed E-state index contributed by atoms with van der Waals surface area (Å²) in [6, 6.07) is 25.8. The third-order valence-corrected chi connectivity index (χ3v) is 7.20. The van der Waals surface area contributed by atoms with Crippen molar-refractivity contribution in [3.05, 3.63) is 134 Å². The lowest BCUT2D eigenvalue weighted by atomic mass is 9.71. The fraction of sp³-hybridized carbons (Fsp3) is 0.226. The topological polar surface area (TPSA) is 98.5 Å². The van der Waals surface area contributed by atoms with Gasteiger partial charge in [-0.3, -0.25) is 14.9 Å². The number of allylic oxidation sites excluding steroid dienone is 3. The number of nitro groups is 1. The van der Waals surface area contributed by atoms with Gasteiger partial charge in [0.15, 0.2) is 5.78 Å². The number of carbonyl (C=O) groups is 2. The van der Waals surface area contributed by atoms with Crippen molar-refractivity contribution < 1.29 is 19.2 Å². The molecule has 0 spiro atoms. The average Bonchev–Trinajstić information content (AvgIpc) is 2.93. The molecule has 38 heavy (non-hydrogen) atoms. The number of nitro benzene ring substituents is 1. The number of Topliss-reactive ketones (excluding diaryl/α,β-unsaturated/α-hetero) is 1. The maximum absolute atomic E-state index is 13.7. The van der Waals surface area contributed by atoms with E-state index in [1.807, 2.05) is 60.7 Å². The van der Waals surface area contributed by atoms with Crippen molar-refractivity contribution in [2.45, 2.75) is 38.0 Å². The van der Waals surface area contributed by atoms with E-state index in [9.17, 15) is 19.7 Å². The van der Waals surface area contributed by atoms with Crippen LogP contribution in [0.2, 0.25) is 0 Å². The van der Waals surface area contributed by atoms with Crippen LogP contribution in [-0.4, -0.2) is 23.3 Å². The molecule has 0 saturated heterocycles. The van der Waals surface area contributed by atoms with E-state index in [-0.39, 0.29) is 24.0 Å². The minimum atomic E-state index is -0.750. The summed E-state index contributed by atoms with van der Waals surface area (Å²) in [6.45, 7) is 1.97. The van der Waals surface area contributed by atoms with Gasteiger partial charge in [0.1, 0.15) is 0 Å². The second kappa shape index (κ2) is 10.8. The van der Waals surface area contributed by atoms with Gasteiger partial charge < -0.3 is 10.1 Å². The smallest absolute Gasteiger partial charge is 0.336 e. The number of ketones is 1. The molecule has 0 saturated carbocycles. The van der Waals surface area contributed by atoms with Gasteiger partial charge in [0.2, 0.25) is 0 Å². The Hall–Kier alpha value is -4.52. The van der Waals surface area contributed by atoms with Crippen LogP contribution in [0.1, 0.15) is 48.3 Å². The van der Waals surface area contributed by atoms with Crippen molar-refractivity contribution >= 4 is 17.4 Å². The van der Waals surface area contributed by atoms with Crippen molar-refractivity contribution in [1.29, 1.82) is 0 Å². The van der Waals surface area contributed by atoms with Gasteiger partial charge in [0.25, 0.3) is 5.69 Å². The summed E-state index contributed by atoms with van der Waals surface area (Å²) >= 11 is 0. The van der Waals surface area contributed by atoms with Crippen molar-refractivity contribution in [3.63, 3.8) is 0 Å². The molecule has 1 heterocycles. The number of benzene rings is 3. The van der Waals surface area contributed by atoms with Crippen LogP contribution in [0.5, 0.6) is 0 Å². The van der Waals surface area contributed by atoms with Gasteiger partial charge in [-0.05, 0) is 36.0 Å². The molecule has 0 amide bonds. The van der Waals surface area contributed by atoms with Gasteiger partial charge in [-0.15, -0.1) is 0 Å². The van der Waals surface area contributed by atoms with Crippen molar-refractivity contribution in [2.75, 3.05) is 6.61 Å². The highest BCUT2D eigenvalue weighted by Gasteiger charge is 2.41. The molecule has 1 aliphatic carbocycles. The Bertz CT molecular complexity index is 1440. The third kappa shape index (κ3) is 5.13. The highest BCUT2D eigenvalue weighted by atomic mass is 16.6. The molecule has 2 aliphatic rings. The van der Waals surface area contributed by atoms with Crippen LogP contribution in [0.3, 0.4) is 0 Å². The van der Waals surface area contributed by atoms with Gasteiger partial charge >= 0.3 is 5.97 Å². The van der Waals surface area contributed by atoms with Crippen LogP contribution in [0.25, 0.3) is 0 Å². The molecule has 1 aliphatic heterocycles. The van der Waals surface area contributed by atoms with Crippen LogP contribution in [0.4, 0.5) is 5.69 Å². The van der Waals surface area contributed by atoms with E-state index < -0.39 is 16.8 Å². The van der Waals surface area contributed by atoms with E-state index in [4.69, 9.17) is 4.74 Å². The quantitative estimate of drug-likeness (QED) is 0.248. The van der Waals surface area contributed by atoms with Crippen LogP contribution >= 0.6 is 0 Å². The molecular formula is C31H28N2O5. The molecule has 192 valence electrons. The number of nitrogens with one attached hydrogen (secondary N) is 1. The van der Waals surface area contributed by atoms with Crippen molar-refractivity contribution in [2.24, 2.45) is 0 Å². The predicted molar refractivity (Wildman–Crippen MR) is 143 cm³/mol. The molecule has 5 rings (SSSR count). The van der Waals surface area contributed by atoms with E-state index in [2.05, 4.69) is 5.32 Å². The van der Waals surface area contributed by atoms with E-state index in [1.54, 1.807) is 19.1 Å². The molecule has 0 bridgehead atoms. The zero-order chi connectivity index (χ0) is 26.6. The first-order chi connectivity index (χ1) is 18.4. The molecule has 0 aromatic heterocycles. The lowest BCUT2D eigenvalue weighted by Crippen LogP contribution is -2.36. The average molecular weight is 509 g/mol. The number of dihydropyridines is 1. The number of esters is 1. The highest BCUT2D eigenvalue weighted by Crippen LogP contribution is 2.46. The summed E-state index contributed by atoms with van der Waals surface area (Å²) in [5, 5.41) is 14.9. The molecule has 3 aromatic carbocycles. The SMILES string of the molecule is CC1=C(C(=O)OCCc2ccccc2)[C@@H](c2cccc([N+](=O)[O-])c2)C2=C(C[C@H](c3ccccc3)CC2=O)N1. The second-order valence-electron chi connectivity index (χ2n) is 9.65. The fourth-order valence-corrected chi connectivity index (χ4v) is 5.41. The second-order valence-corrected chi connectivity index (χ2v) is 9.65. The van der Waals surface area contributed by atoms with Crippen molar-refractivity contribution in [3.8, 4) is 0 Å². The van der Waals surface area contributed by atoms with Gasteiger partial charge in [-0.25, -0.2) is 4.79 Å². The summed E-state index contributed by atoms with van der Waals surface area (Å²) in [7, 11) is 0. The molecule has 7 heteroatoms. The van der Waals surface area contributed by atoms with Gasteiger partial charge in [-0.2, -0.15) is 0 Å². The fourth-order valence-electron chi connectivity index (χ4n) is 5.41. The number of nitrogens with zero attached hydrogens (tertiary/aromatic N) is 1. The summed E-state index contributed by atoms with van der Waals surface area (Å²) in [6.07, 6.45) is 1.45. The normalized spacial score (nSPS) is 19.0. The molecule has 0 radical (unpaired) electrons. The van der Waals surface area contributed by atoms with Crippen molar-refractivity contribution in [1.82, 2.24) is 5.32 Å². The highest BCUT2D eigenvalue weighted by molar-refractivity contribution is 6.04. The first-order valence-corrected chi connectivity index (χ1v) is 12.7. The maximum Gasteiger partial charge on any atom is 0.336 e. The number of carbonyl (C=O) groups excluding carboxylic acids is 2. The molecule has 0 fully saturated rings. The molecule has 1 N–H and O–H groups in total. The molecular weight excluding hydrogens is 480 g/mol. The zero-order valence-electron chi connectivity index (χ0n) is 21.1. The summed E-state index contributed by atoms with van der Waals surface area (Å²) in [5.74, 6) is -1.36. The van der Waals surface area contributed by atoms with Crippen LogP contribution in [0, 0.1) is 10.1 Å². The van der Waals surface area contributed by atoms with E-state index >= 15 is 0 Å². The number of hydrogen-bond donors (Lipinski definition) is 1. The van der Waals surface area contributed by atoms with Gasteiger partial charge in [0, 0.05) is 47.9 Å². The number of ether oxygens (including phenoxy) is 1. The zero-order valence-corrected chi connectivity index (χ0v) is 21.1. The Labute approximate surface area is 221 Å². The van der Waals surface area contributed by atoms with E-state index in [1.165, 1.54) is 12.1 Å². The number of hydrogen-bond acceptors (Lipinski definition) is 6. The Kier molecular flexibility index (Phi) is 7.18. The first kappa shape index (κ1) is 25.1. The van der Waals surface area contributed by atoms with Crippen LogP contribution in [0.15, 0.2) is 107 Å². The first-order valence-electron chi connectivity index (χ1n) is 12.7. The number of non-ortho nitro benzene ring substituents is 1. The molecule has 7 nitrogen and oxygen atoms in total. The Morgan fingerprint density at radius 1 is 0.974 bits per heavy atom. The Morgan fingerprint density at radius 2 is 1.66 bits per heavy atom. The lowest BCUT2D eigenvalue weighted by molar-refractivity contribution is -0.384. The monoisotopic (exact) mass is 508 g/mol. The molecule has 3 aromatic rings. The third-order valence-electron chi connectivity index (χ3n) is 7.20. The summed E-state index contributed by atoms with van der Waals surface area (Å²) < 4.78 is 5.69. The molecule has 2 atom stereocenters. The Morgan fingerprint density at radius 3 is 2.37 bits per heavy atom. The molecule has 0 unspecified atom stereocenters. The van der Waals surface area contributed by atoms with E-state index in [0.717, 1.165) is 16.8 Å². The minimum absolute atomic E-state index is 0.00730.